The molecule has 2 heterocycles. The molecule has 3 rings (SSSR count). The number of amides is 1. The summed E-state index contributed by atoms with van der Waals surface area (Å²) in [5, 5.41) is 19.5. The molecule has 1 aromatic carbocycles. The third-order valence-electron chi connectivity index (χ3n) is 3.97. The minimum Gasteiger partial charge on any atom is -0.350 e. The van der Waals surface area contributed by atoms with Crippen LogP contribution < -0.4 is 10.2 Å². The molecule has 0 bridgehead atoms. The lowest BCUT2D eigenvalue weighted by Crippen LogP contribution is -2.40. The van der Waals surface area contributed by atoms with Crippen LogP contribution in [-0.4, -0.2) is 41.4 Å². The maximum atomic E-state index is 13.8. The highest BCUT2D eigenvalue weighted by molar-refractivity contribution is 5.94. The summed E-state index contributed by atoms with van der Waals surface area (Å²) >= 11 is 0. The predicted octanol–water partition coefficient (Wildman–Crippen LogP) is 1.70. The molecular formula is C17H16FN5O. The number of anilines is 1. The fraction of sp³-hybridized carbons (Fsp3) is 0.294. The maximum Gasteiger partial charge on any atom is 0.251 e. The van der Waals surface area contributed by atoms with E-state index in [9.17, 15) is 9.18 Å². The Kier molecular flexibility index (Phi) is 4.66. The smallest absolute Gasteiger partial charge is 0.251 e. The molecule has 0 saturated carbocycles. The molecule has 1 saturated heterocycles. The fourth-order valence-corrected chi connectivity index (χ4v) is 2.82. The van der Waals surface area contributed by atoms with Gasteiger partial charge in [-0.15, -0.1) is 5.10 Å². The minimum atomic E-state index is -0.962. The van der Waals surface area contributed by atoms with E-state index in [0.717, 1.165) is 0 Å². The second kappa shape index (κ2) is 7.04. The Labute approximate surface area is 138 Å². The zero-order valence-corrected chi connectivity index (χ0v) is 12.9. The molecule has 2 aromatic rings. The number of aromatic nitrogens is 2. The lowest BCUT2D eigenvalue weighted by molar-refractivity contribution is 0.0951. The molecular weight excluding hydrogens is 309 g/mol. The van der Waals surface area contributed by atoms with E-state index < -0.39 is 6.17 Å². The van der Waals surface area contributed by atoms with Crippen LogP contribution >= 0.6 is 0 Å². The van der Waals surface area contributed by atoms with E-state index in [4.69, 9.17) is 5.26 Å². The van der Waals surface area contributed by atoms with E-state index in [0.29, 0.717) is 29.9 Å². The summed E-state index contributed by atoms with van der Waals surface area (Å²) in [4.78, 5) is 14.1. The van der Waals surface area contributed by atoms with Crippen LogP contribution in [0.1, 0.15) is 22.3 Å². The summed E-state index contributed by atoms with van der Waals surface area (Å²) in [6.45, 7) is 0.537. The molecule has 6 nitrogen and oxygen atoms in total. The number of halogens is 1. The number of carbonyl (C=O) groups excluding carboxylic acids is 1. The van der Waals surface area contributed by atoms with Gasteiger partial charge in [-0.25, -0.2) is 4.39 Å². The van der Waals surface area contributed by atoms with Gasteiger partial charge in [-0.2, -0.15) is 10.4 Å². The number of alkyl halides is 1. The van der Waals surface area contributed by atoms with Crippen molar-refractivity contribution in [1.82, 2.24) is 15.5 Å². The first-order chi connectivity index (χ1) is 11.7. The van der Waals surface area contributed by atoms with Crippen LogP contribution in [0.4, 0.5) is 10.2 Å². The Bertz CT molecular complexity index is 761. The highest BCUT2D eigenvalue weighted by Gasteiger charge is 2.33. The van der Waals surface area contributed by atoms with Crippen molar-refractivity contribution in [3.8, 4) is 6.07 Å². The Morgan fingerprint density at radius 2 is 2.29 bits per heavy atom. The summed E-state index contributed by atoms with van der Waals surface area (Å²) < 4.78 is 13.8. The van der Waals surface area contributed by atoms with Gasteiger partial charge < -0.3 is 10.2 Å². The van der Waals surface area contributed by atoms with Gasteiger partial charge in [0.05, 0.1) is 24.2 Å². The third-order valence-corrected chi connectivity index (χ3v) is 3.97. The highest BCUT2D eigenvalue weighted by Crippen LogP contribution is 2.24. The monoisotopic (exact) mass is 325 g/mol. The van der Waals surface area contributed by atoms with Crippen LogP contribution in [0, 0.1) is 11.3 Å². The van der Waals surface area contributed by atoms with Gasteiger partial charge in [-0.05, 0) is 30.3 Å². The van der Waals surface area contributed by atoms with Gasteiger partial charge >= 0.3 is 0 Å². The van der Waals surface area contributed by atoms with E-state index in [1.807, 2.05) is 11.0 Å². The molecule has 1 aliphatic rings. The van der Waals surface area contributed by atoms with Gasteiger partial charge in [-0.1, -0.05) is 6.07 Å². The van der Waals surface area contributed by atoms with Crippen molar-refractivity contribution in [3.05, 3.63) is 53.7 Å². The van der Waals surface area contributed by atoms with Crippen LogP contribution in [0.2, 0.25) is 0 Å². The van der Waals surface area contributed by atoms with Crippen LogP contribution in [0.3, 0.4) is 0 Å². The van der Waals surface area contributed by atoms with Gasteiger partial charge in [0.25, 0.3) is 5.91 Å². The van der Waals surface area contributed by atoms with Gasteiger partial charge in [0.2, 0.25) is 0 Å². The molecule has 0 unspecified atom stereocenters. The number of benzene rings is 1. The predicted molar refractivity (Wildman–Crippen MR) is 86.2 cm³/mol. The van der Waals surface area contributed by atoms with E-state index >= 15 is 0 Å². The Balaban J connectivity index is 1.66. The molecule has 1 amide bonds. The first-order valence-corrected chi connectivity index (χ1v) is 7.64. The molecule has 1 aromatic heterocycles. The van der Waals surface area contributed by atoms with Crippen molar-refractivity contribution in [1.29, 1.82) is 5.26 Å². The molecule has 1 fully saturated rings. The number of nitrogens with zero attached hydrogens (tertiary/aromatic N) is 4. The fourth-order valence-electron chi connectivity index (χ4n) is 2.82. The number of nitriles is 1. The maximum absolute atomic E-state index is 13.8. The molecule has 1 aliphatic heterocycles. The average molecular weight is 325 g/mol. The molecule has 0 spiro atoms. The summed E-state index contributed by atoms with van der Waals surface area (Å²) in [6, 6.07) is 11.8. The zero-order chi connectivity index (χ0) is 16.9. The second-order valence-electron chi connectivity index (χ2n) is 5.62. The molecule has 2 atom stereocenters. The summed E-state index contributed by atoms with van der Waals surface area (Å²) in [7, 11) is 0. The van der Waals surface area contributed by atoms with Crippen LogP contribution in [0.15, 0.2) is 42.6 Å². The number of hydrogen-bond donors (Lipinski definition) is 1. The van der Waals surface area contributed by atoms with Gasteiger partial charge in [0, 0.05) is 24.7 Å². The van der Waals surface area contributed by atoms with Gasteiger partial charge in [0.15, 0.2) is 5.82 Å². The molecule has 0 aliphatic carbocycles. The van der Waals surface area contributed by atoms with Crippen molar-refractivity contribution >= 4 is 11.7 Å². The van der Waals surface area contributed by atoms with Crippen molar-refractivity contribution in [2.75, 3.05) is 18.0 Å². The van der Waals surface area contributed by atoms with Gasteiger partial charge in [-0.3, -0.25) is 4.79 Å². The van der Waals surface area contributed by atoms with Crippen molar-refractivity contribution in [3.63, 3.8) is 0 Å². The first-order valence-electron chi connectivity index (χ1n) is 7.64. The molecule has 122 valence electrons. The lowest BCUT2D eigenvalue weighted by Gasteiger charge is -2.24. The first kappa shape index (κ1) is 15.9. The summed E-state index contributed by atoms with van der Waals surface area (Å²) in [5.74, 6) is 0.317. The number of carbonyl (C=O) groups is 1. The minimum absolute atomic E-state index is 0.181. The third kappa shape index (κ3) is 3.49. The quantitative estimate of drug-likeness (QED) is 0.925. The van der Waals surface area contributed by atoms with Crippen molar-refractivity contribution < 1.29 is 9.18 Å². The van der Waals surface area contributed by atoms with Gasteiger partial charge in [0.1, 0.15) is 6.17 Å². The SMILES string of the molecule is N#Cc1cccc(C(=O)NC[C@@H]2C[C@H](F)CN2c2cccnn2)c1. The Hall–Kier alpha value is -3.01. The van der Waals surface area contributed by atoms with Crippen molar-refractivity contribution in [2.45, 2.75) is 18.6 Å². The number of hydrogen-bond acceptors (Lipinski definition) is 5. The Morgan fingerprint density at radius 1 is 1.42 bits per heavy atom. The van der Waals surface area contributed by atoms with E-state index in [2.05, 4.69) is 15.5 Å². The largest absolute Gasteiger partial charge is 0.350 e. The molecule has 1 N–H and O–H groups in total. The molecule has 7 heteroatoms. The van der Waals surface area contributed by atoms with Crippen LogP contribution in [0.5, 0.6) is 0 Å². The standard InChI is InChI=1S/C17H16FN5O/c18-14-8-15(23(11-14)16-5-2-6-21-22-16)10-20-17(24)13-4-1-3-12(7-13)9-19/h1-7,14-15H,8,10-11H2,(H,20,24)/t14-,15-/m0/s1. The second-order valence-corrected chi connectivity index (χ2v) is 5.62. The van der Waals surface area contributed by atoms with E-state index in [1.165, 1.54) is 6.07 Å². The average Bonchev–Trinajstić information content (AvgIpc) is 3.01. The van der Waals surface area contributed by atoms with Crippen LogP contribution in [0.25, 0.3) is 0 Å². The van der Waals surface area contributed by atoms with E-state index in [1.54, 1.807) is 36.5 Å². The topological polar surface area (TPSA) is 81.9 Å². The molecule has 0 radical (unpaired) electrons. The zero-order valence-electron chi connectivity index (χ0n) is 12.9. The summed E-state index contributed by atoms with van der Waals surface area (Å²) in [5.41, 5.74) is 0.837. The lowest BCUT2D eigenvalue weighted by atomic mass is 10.1. The molecule has 24 heavy (non-hydrogen) atoms. The summed E-state index contributed by atoms with van der Waals surface area (Å²) in [6.07, 6.45) is 0.927. The number of rotatable bonds is 4. The normalized spacial score (nSPS) is 19.8. The van der Waals surface area contributed by atoms with E-state index in [-0.39, 0.29) is 18.5 Å². The highest BCUT2D eigenvalue weighted by atomic mass is 19.1. The Morgan fingerprint density at radius 3 is 3.04 bits per heavy atom. The van der Waals surface area contributed by atoms with Crippen LogP contribution in [-0.2, 0) is 0 Å². The van der Waals surface area contributed by atoms with Crippen molar-refractivity contribution in [2.24, 2.45) is 0 Å². The number of nitrogens with one attached hydrogen (secondary N) is 1.